The van der Waals surface area contributed by atoms with E-state index in [1.807, 2.05) is 50.1 Å². The minimum atomic E-state index is -0.0612. The first-order valence-electron chi connectivity index (χ1n) is 7.88. The minimum Gasteiger partial charge on any atom is -0.349 e. The van der Waals surface area contributed by atoms with Crippen LogP contribution in [0.4, 0.5) is 5.69 Å². The Hall–Kier alpha value is -1.59. The van der Waals surface area contributed by atoms with E-state index in [0.717, 1.165) is 24.2 Å². The van der Waals surface area contributed by atoms with Gasteiger partial charge in [-0.3, -0.25) is 9.59 Å². The van der Waals surface area contributed by atoms with Crippen molar-refractivity contribution in [2.45, 2.75) is 32.7 Å². The number of anilines is 1. The summed E-state index contributed by atoms with van der Waals surface area (Å²) in [5.74, 6) is 0.171. The van der Waals surface area contributed by atoms with Crippen LogP contribution in [0.3, 0.4) is 0 Å². The van der Waals surface area contributed by atoms with Crippen molar-refractivity contribution < 1.29 is 9.59 Å². The first kappa shape index (κ1) is 19.5. The van der Waals surface area contributed by atoms with Crippen LogP contribution in [-0.2, 0) is 9.59 Å². The number of nitrogens with zero attached hydrogens (tertiary/aromatic N) is 1. The molecule has 2 unspecified atom stereocenters. The molecule has 1 saturated heterocycles. The fraction of sp³-hybridized carbons (Fsp3) is 0.529. The number of amides is 2. The maximum atomic E-state index is 12.0. The highest BCUT2D eigenvalue weighted by Crippen LogP contribution is 2.23. The Labute approximate surface area is 144 Å². The number of halogens is 1. The van der Waals surface area contributed by atoms with Crippen LogP contribution in [-0.4, -0.2) is 32.0 Å². The van der Waals surface area contributed by atoms with E-state index in [1.165, 1.54) is 0 Å². The molecule has 0 bridgehead atoms. The van der Waals surface area contributed by atoms with Gasteiger partial charge in [0.05, 0.1) is 6.04 Å². The van der Waals surface area contributed by atoms with E-state index in [-0.39, 0.29) is 36.2 Å². The highest BCUT2D eigenvalue weighted by atomic mass is 35.5. The third-order valence-electron chi connectivity index (χ3n) is 4.09. The molecule has 2 atom stereocenters. The first-order chi connectivity index (χ1) is 10.5. The Kier molecular flexibility index (Phi) is 7.52. The van der Waals surface area contributed by atoms with Crippen molar-refractivity contribution in [1.29, 1.82) is 0 Å². The van der Waals surface area contributed by atoms with Crippen LogP contribution in [0.25, 0.3) is 0 Å². The van der Waals surface area contributed by atoms with Crippen LogP contribution in [0.5, 0.6) is 0 Å². The predicted octanol–water partition coefficient (Wildman–Crippen LogP) is 2.27. The van der Waals surface area contributed by atoms with Crippen molar-refractivity contribution in [2.75, 3.05) is 25.0 Å². The second-order valence-corrected chi connectivity index (χ2v) is 5.93. The number of carbonyl (C=O) groups is 2. The molecule has 0 aliphatic carbocycles. The SMILES string of the molecule is CNCC(C)C(=O)NC(C)c1ccc(N2CCCC2=O)cc1.Cl. The number of nitrogens with one attached hydrogen (secondary N) is 2. The Morgan fingerprint density at radius 3 is 2.43 bits per heavy atom. The molecule has 0 aromatic heterocycles. The van der Waals surface area contributed by atoms with E-state index in [0.29, 0.717) is 13.0 Å². The smallest absolute Gasteiger partial charge is 0.227 e. The van der Waals surface area contributed by atoms with E-state index < -0.39 is 0 Å². The predicted molar refractivity (Wildman–Crippen MR) is 94.9 cm³/mol. The fourth-order valence-corrected chi connectivity index (χ4v) is 2.70. The van der Waals surface area contributed by atoms with Crippen molar-refractivity contribution in [3.8, 4) is 0 Å². The van der Waals surface area contributed by atoms with Gasteiger partial charge >= 0.3 is 0 Å². The molecule has 2 amide bonds. The second kappa shape index (κ2) is 8.89. The van der Waals surface area contributed by atoms with Crippen molar-refractivity contribution in [3.05, 3.63) is 29.8 Å². The summed E-state index contributed by atoms with van der Waals surface area (Å²) in [6, 6.07) is 7.83. The van der Waals surface area contributed by atoms with E-state index in [9.17, 15) is 9.59 Å². The molecule has 0 spiro atoms. The Balaban J connectivity index is 0.00000264. The molecule has 0 saturated carbocycles. The summed E-state index contributed by atoms with van der Waals surface area (Å²) < 4.78 is 0. The molecule has 1 fully saturated rings. The van der Waals surface area contributed by atoms with Gasteiger partial charge in [0.1, 0.15) is 0 Å². The summed E-state index contributed by atoms with van der Waals surface area (Å²) in [7, 11) is 1.84. The Bertz CT molecular complexity index is 533. The molecule has 23 heavy (non-hydrogen) atoms. The van der Waals surface area contributed by atoms with Gasteiger partial charge in [-0.05, 0) is 38.1 Å². The topological polar surface area (TPSA) is 61.4 Å². The van der Waals surface area contributed by atoms with Gasteiger partial charge in [0.15, 0.2) is 0 Å². The quantitative estimate of drug-likeness (QED) is 0.835. The van der Waals surface area contributed by atoms with Crippen molar-refractivity contribution in [2.24, 2.45) is 5.92 Å². The number of hydrogen-bond donors (Lipinski definition) is 2. The van der Waals surface area contributed by atoms with Crippen LogP contribution in [0, 0.1) is 5.92 Å². The van der Waals surface area contributed by atoms with E-state index in [1.54, 1.807) is 0 Å². The third kappa shape index (κ3) is 4.94. The summed E-state index contributed by atoms with van der Waals surface area (Å²) in [6.45, 7) is 5.33. The molecule has 1 heterocycles. The van der Waals surface area contributed by atoms with Crippen molar-refractivity contribution in [3.63, 3.8) is 0 Å². The first-order valence-corrected chi connectivity index (χ1v) is 7.88. The Morgan fingerprint density at radius 1 is 1.26 bits per heavy atom. The highest BCUT2D eigenvalue weighted by Gasteiger charge is 2.22. The van der Waals surface area contributed by atoms with Gasteiger partial charge in [0, 0.05) is 31.1 Å². The molecule has 0 radical (unpaired) electrons. The molecule has 1 aliphatic rings. The largest absolute Gasteiger partial charge is 0.349 e. The zero-order valence-electron chi connectivity index (χ0n) is 14.0. The molecule has 1 aromatic rings. The summed E-state index contributed by atoms with van der Waals surface area (Å²) >= 11 is 0. The van der Waals surface area contributed by atoms with Crippen LogP contribution >= 0.6 is 12.4 Å². The molecule has 2 N–H and O–H groups in total. The number of carbonyl (C=O) groups excluding carboxylic acids is 2. The lowest BCUT2D eigenvalue weighted by atomic mass is 10.1. The van der Waals surface area contributed by atoms with E-state index in [2.05, 4.69) is 10.6 Å². The molecular weight excluding hydrogens is 314 g/mol. The van der Waals surface area contributed by atoms with Gasteiger partial charge < -0.3 is 15.5 Å². The van der Waals surface area contributed by atoms with Gasteiger partial charge in [-0.15, -0.1) is 12.4 Å². The molecule has 5 nitrogen and oxygen atoms in total. The summed E-state index contributed by atoms with van der Waals surface area (Å²) in [5.41, 5.74) is 1.98. The average molecular weight is 340 g/mol. The average Bonchev–Trinajstić information content (AvgIpc) is 2.93. The molecule has 1 aliphatic heterocycles. The molecule has 6 heteroatoms. The monoisotopic (exact) mass is 339 g/mol. The van der Waals surface area contributed by atoms with E-state index in [4.69, 9.17) is 0 Å². The third-order valence-corrected chi connectivity index (χ3v) is 4.09. The molecular formula is C17H26ClN3O2. The molecule has 128 valence electrons. The van der Waals surface area contributed by atoms with Crippen LogP contribution < -0.4 is 15.5 Å². The van der Waals surface area contributed by atoms with Gasteiger partial charge in [-0.2, -0.15) is 0 Å². The van der Waals surface area contributed by atoms with Crippen LogP contribution in [0.15, 0.2) is 24.3 Å². The summed E-state index contributed by atoms with van der Waals surface area (Å²) in [6.07, 6.45) is 1.56. The van der Waals surface area contributed by atoms with Gasteiger partial charge in [0.25, 0.3) is 0 Å². The lowest BCUT2D eigenvalue weighted by molar-refractivity contribution is -0.125. The molecule has 1 aromatic carbocycles. The normalized spacial score (nSPS) is 16.7. The summed E-state index contributed by atoms with van der Waals surface area (Å²) in [5, 5.41) is 6.03. The highest BCUT2D eigenvalue weighted by molar-refractivity contribution is 5.95. The molecule has 2 rings (SSSR count). The lowest BCUT2D eigenvalue weighted by Crippen LogP contribution is -2.35. The fourth-order valence-electron chi connectivity index (χ4n) is 2.70. The van der Waals surface area contributed by atoms with Gasteiger partial charge in [-0.25, -0.2) is 0 Å². The zero-order chi connectivity index (χ0) is 16.1. The van der Waals surface area contributed by atoms with E-state index >= 15 is 0 Å². The zero-order valence-corrected chi connectivity index (χ0v) is 14.8. The number of hydrogen-bond acceptors (Lipinski definition) is 3. The van der Waals surface area contributed by atoms with Crippen molar-refractivity contribution in [1.82, 2.24) is 10.6 Å². The van der Waals surface area contributed by atoms with Gasteiger partial charge in [0.2, 0.25) is 11.8 Å². The van der Waals surface area contributed by atoms with Crippen LogP contribution in [0.2, 0.25) is 0 Å². The lowest BCUT2D eigenvalue weighted by Gasteiger charge is -2.20. The minimum absolute atomic E-state index is 0. The second-order valence-electron chi connectivity index (χ2n) is 5.93. The maximum absolute atomic E-state index is 12.0. The number of rotatable bonds is 6. The Morgan fingerprint density at radius 2 is 1.91 bits per heavy atom. The summed E-state index contributed by atoms with van der Waals surface area (Å²) in [4.78, 5) is 25.6. The number of benzene rings is 1. The van der Waals surface area contributed by atoms with Crippen LogP contribution in [0.1, 0.15) is 38.3 Å². The van der Waals surface area contributed by atoms with Gasteiger partial charge in [-0.1, -0.05) is 19.1 Å². The standard InChI is InChI=1S/C17H25N3O2.ClH/c1-12(11-18-3)17(22)19-13(2)14-6-8-15(9-7-14)20-10-4-5-16(20)21;/h6-9,12-13,18H,4-5,10-11H2,1-3H3,(H,19,22);1H. The van der Waals surface area contributed by atoms with Crippen molar-refractivity contribution >= 4 is 29.9 Å². The maximum Gasteiger partial charge on any atom is 0.227 e.